The summed E-state index contributed by atoms with van der Waals surface area (Å²) in [6.45, 7) is 4.89. The van der Waals surface area contributed by atoms with Gasteiger partial charge in [0.05, 0.1) is 6.04 Å². The van der Waals surface area contributed by atoms with E-state index in [2.05, 4.69) is 5.32 Å². The predicted octanol–water partition coefficient (Wildman–Crippen LogP) is 3.78. The molecule has 1 aromatic carbocycles. The van der Waals surface area contributed by atoms with Gasteiger partial charge in [-0.15, -0.1) is 0 Å². The Hall–Kier alpha value is -2.50. The van der Waals surface area contributed by atoms with Crippen LogP contribution >= 0.6 is 0 Å². The molecule has 130 valence electrons. The number of carbonyl (C=O) groups excluding carboxylic acids is 1. The van der Waals surface area contributed by atoms with E-state index in [-0.39, 0.29) is 18.5 Å². The van der Waals surface area contributed by atoms with Gasteiger partial charge in [-0.25, -0.2) is 4.79 Å². The normalized spacial score (nSPS) is 12.1. The number of hydrogen-bond acceptors (Lipinski definition) is 3. The summed E-state index contributed by atoms with van der Waals surface area (Å²) in [6, 6.07) is 9.31. The van der Waals surface area contributed by atoms with Gasteiger partial charge in [0.25, 0.3) is 0 Å². The molecule has 1 aromatic heterocycles. The summed E-state index contributed by atoms with van der Waals surface area (Å²) in [6.07, 6.45) is 1.29. The Bertz CT molecular complexity index is 662. The number of urea groups is 1. The number of para-hydroxylation sites is 1. The number of fused-ring (bicyclic) bond motifs is 1. The van der Waals surface area contributed by atoms with E-state index in [0.717, 1.165) is 23.2 Å². The maximum Gasteiger partial charge on any atom is 0.318 e. The number of furan rings is 1. The summed E-state index contributed by atoms with van der Waals surface area (Å²) in [5.74, 6) is -0.115. The van der Waals surface area contributed by atoms with Crippen LogP contribution < -0.4 is 5.32 Å². The van der Waals surface area contributed by atoms with Crippen molar-refractivity contribution >= 4 is 23.0 Å². The lowest BCUT2D eigenvalue weighted by molar-refractivity contribution is -0.137. The molecule has 24 heavy (non-hydrogen) atoms. The Morgan fingerprint density at radius 2 is 2.08 bits per heavy atom. The molecule has 6 heteroatoms. The van der Waals surface area contributed by atoms with Gasteiger partial charge in [0.15, 0.2) is 0 Å². The lowest BCUT2D eigenvalue weighted by Gasteiger charge is -2.27. The van der Waals surface area contributed by atoms with Gasteiger partial charge in [0.2, 0.25) is 0 Å². The first kappa shape index (κ1) is 17.8. The smallest absolute Gasteiger partial charge is 0.318 e. The summed E-state index contributed by atoms with van der Waals surface area (Å²) in [5, 5.41) is 12.4. The number of hydrogen-bond donors (Lipinski definition) is 2. The minimum atomic E-state index is -0.856. The van der Waals surface area contributed by atoms with Gasteiger partial charge in [-0.1, -0.05) is 25.1 Å². The van der Waals surface area contributed by atoms with Gasteiger partial charge in [0, 0.05) is 24.9 Å². The quantitative estimate of drug-likeness (QED) is 0.721. The number of carboxylic acids is 1. The second-order valence-electron chi connectivity index (χ2n) is 5.79. The van der Waals surface area contributed by atoms with Crippen LogP contribution in [0.25, 0.3) is 11.0 Å². The number of carboxylic acid groups (broad SMARTS) is 1. The fraction of sp³-hybridized carbons (Fsp3) is 0.444. The number of carbonyl (C=O) groups is 2. The molecule has 0 saturated carbocycles. The molecule has 1 unspecified atom stereocenters. The molecular formula is C18H24N2O4. The maximum absolute atomic E-state index is 12.4. The van der Waals surface area contributed by atoms with Crippen LogP contribution in [0, 0.1) is 0 Å². The Labute approximate surface area is 141 Å². The van der Waals surface area contributed by atoms with E-state index in [4.69, 9.17) is 9.52 Å². The number of nitrogens with zero attached hydrogens (tertiary/aromatic N) is 1. The van der Waals surface area contributed by atoms with E-state index in [9.17, 15) is 9.59 Å². The third-order valence-corrected chi connectivity index (χ3v) is 3.89. The van der Waals surface area contributed by atoms with E-state index in [1.54, 1.807) is 4.90 Å². The van der Waals surface area contributed by atoms with Crippen molar-refractivity contribution in [1.82, 2.24) is 10.2 Å². The van der Waals surface area contributed by atoms with Crippen molar-refractivity contribution in [2.75, 3.05) is 13.1 Å². The van der Waals surface area contributed by atoms with Crippen molar-refractivity contribution in [2.24, 2.45) is 0 Å². The molecule has 2 amide bonds. The maximum atomic E-state index is 12.4. The molecule has 0 spiro atoms. The highest BCUT2D eigenvalue weighted by molar-refractivity contribution is 5.78. The van der Waals surface area contributed by atoms with E-state index in [1.165, 1.54) is 0 Å². The van der Waals surface area contributed by atoms with Crippen LogP contribution in [0.4, 0.5) is 4.79 Å². The van der Waals surface area contributed by atoms with Crippen LogP contribution in [0.2, 0.25) is 0 Å². The standard InChI is InChI=1S/C18H24N2O4/c1-3-11-20(18(23)19-10-6-9-17(21)22)13(2)16-12-14-7-4-5-8-15(14)24-16/h4-5,7-8,12-13H,3,6,9-11H2,1-2H3,(H,19,23)(H,21,22). The summed E-state index contributed by atoms with van der Waals surface area (Å²) in [5.41, 5.74) is 0.803. The third-order valence-electron chi connectivity index (χ3n) is 3.89. The van der Waals surface area contributed by atoms with E-state index >= 15 is 0 Å². The lowest BCUT2D eigenvalue weighted by atomic mass is 10.2. The molecule has 0 aliphatic rings. The number of rotatable bonds is 8. The zero-order valence-electron chi connectivity index (χ0n) is 14.1. The molecule has 0 saturated heterocycles. The van der Waals surface area contributed by atoms with Crippen LogP contribution in [0.1, 0.15) is 44.9 Å². The van der Waals surface area contributed by atoms with Crippen LogP contribution in [0.3, 0.4) is 0 Å². The fourth-order valence-electron chi connectivity index (χ4n) is 2.61. The predicted molar refractivity (Wildman–Crippen MR) is 91.9 cm³/mol. The first-order valence-corrected chi connectivity index (χ1v) is 8.27. The van der Waals surface area contributed by atoms with Crippen molar-refractivity contribution in [1.29, 1.82) is 0 Å². The SMILES string of the molecule is CCCN(C(=O)NCCCC(=O)O)C(C)c1cc2ccccc2o1. The first-order valence-electron chi connectivity index (χ1n) is 8.27. The highest BCUT2D eigenvalue weighted by Gasteiger charge is 2.23. The van der Waals surface area contributed by atoms with Gasteiger partial charge in [0.1, 0.15) is 11.3 Å². The van der Waals surface area contributed by atoms with Crippen LogP contribution in [0.5, 0.6) is 0 Å². The number of aliphatic carboxylic acids is 1. The molecular weight excluding hydrogens is 308 g/mol. The van der Waals surface area contributed by atoms with Gasteiger partial charge in [-0.3, -0.25) is 4.79 Å². The first-order chi connectivity index (χ1) is 11.5. The second kappa shape index (κ2) is 8.38. The summed E-state index contributed by atoms with van der Waals surface area (Å²) in [4.78, 5) is 24.7. The van der Waals surface area contributed by atoms with Crippen molar-refractivity contribution in [3.63, 3.8) is 0 Å². The average Bonchev–Trinajstić information content (AvgIpc) is 2.99. The Balaban J connectivity index is 2.04. The summed E-state index contributed by atoms with van der Waals surface area (Å²) >= 11 is 0. The molecule has 6 nitrogen and oxygen atoms in total. The third kappa shape index (κ3) is 4.50. The minimum absolute atomic E-state index is 0.0488. The van der Waals surface area contributed by atoms with Gasteiger partial charge in [-0.2, -0.15) is 0 Å². The van der Waals surface area contributed by atoms with E-state index in [1.807, 2.05) is 44.2 Å². The molecule has 0 aliphatic heterocycles. The van der Waals surface area contributed by atoms with Crippen LogP contribution in [0.15, 0.2) is 34.7 Å². The van der Waals surface area contributed by atoms with Crippen molar-refractivity contribution in [2.45, 2.75) is 39.2 Å². The van der Waals surface area contributed by atoms with E-state index in [0.29, 0.717) is 19.5 Å². The van der Waals surface area contributed by atoms with Gasteiger partial charge >= 0.3 is 12.0 Å². The van der Waals surface area contributed by atoms with Crippen LogP contribution in [-0.2, 0) is 4.79 Å². The molecule has 1 heterocycles. The van der Waals surface area contributed by atoms with Crippen molar-refractivity contribution in [3.05, 3.63) is 36.1 Å². The van der Waals surface area contributed by atoms with Crippen molar-refractivity contribution in [3.8, 4) is 0 Å². The fourth-order valence-corrected chi connectivity index (χ4v) is 2.61. The monoisotopic (exact) mass is 332 g/mol. The minimum Gasteiger partial charge on any atom is -0.481 e. The molecule has 0 bridgehead atoms. The summed E-state index contributed by atoms with van der Waals surface area (Å²) < 4.78 is 5.87. The number of benzene rings is 1. The largest absolute Gasteiger partial charge is 0.481 e. The highest BCUT2D eigenvalue weighted by Crippen LogP contribution is 2.27. The number of nitrogens with one attached hydrogen (secondary N) is 1. The topological polar surface area (TPSA) is 82.8 Å². The Morgan fingerprint density at radius 3 is 2.75 bits per heavy atom. The average molecular weight is 332 g/mol. The number of amides is 2. The van der Waals surface area contributed by atoms with Gasteiger partial charge in [-0.05, 0) is 31.9 Å². The molecule has 2 rings (SSSR count). The molecule has 2 N–H and O–H groups in total. The molecule has 0 aliphatic carbocycles. The zero-order chi connectivity index (χ0) is 17.5. The zero-order valence-corrected chi connectivity index (χ0v) is 14.1. The summed E-state index contributed by atoms with van der Waals surface area (Å²) in [7, 11) is 0. The highest BCUT2D eigenvalue weighted by atomic mass is 16.4. The molecule has 2 aromatic rings. The lowest BCUT2D eigenvalue weighted by Crippen LogP contribution is -2.42. The van der Waals surface area contributed by atoms with E-state index < -0.39 is 5.97 Å². The molecule has 0 fully saturated rings. The second-order valence-corrected chi connectivity index (χ2v) is 5.79. The van der Waals surface area contributed by atoms with Gasteiger partial charge < -0.3 is 19.7 Å². The Morgan fingerprint density at radius 1 is 1.33 bits per heavy atom. The van der Waals surface area contributed by atoms with Crippen LogP contribution in [-0.4, -0.2) is 35.1 Å². The van der Waals surface area contributed by atoms with Crippen molar-refractivity contribution < 1.29 is 19.1 Å². The Kier molecular flexibility index (Phi) is 6.23. The molecule has 1 atom stereocenters. The molecule has 0 radical (unpaired) electrons.